The van der Waals surface area contributed by atoms with E-state index in [1.54, 1.807) is 35.4 Å². The number of halogens is 4. The Morgan fingerprint density at radius 2 is 1.89 bits per heavy atom. The number of hydrogen-bond donors (Lipinski definition) is 2. The zero-order chi connectivity index (χ0) is 24.2. The number of hydrogen-bond acceptors (Lipinski definition) is 5. The van der Waals surface area contributed by atoms with Crippen LogP contribution in [-0.4, -0.2) is 37.2 Å². The van der Waals surface area contributed by atoms with Gasteiger partial charge in [0.25, 0.3) is 5.91 Å². The zero-order valence-corrected chi connectivity index (χ0v) is 19.9. The summed E-state index contributed by atoms with van der Waals surface area (Å²) in [5.74, 6) is 0.501. The van der Waals surface area contributed by atoms with Crippen molar-refractivity contribution >= 4 is 42.5 Å². The first-order valence-corrected chi connectivity index (χ1v) is 10.5. The number of fused-ring (bicyclic) bond motifs is 1. The molecule has 0 bridgehead atoms. The second-order valence-corrected chi connectivity index (χ2v) is 8.30. The van der Waals surface area contributed by atoms with Gasteiger partial charge in [0.2, 0.25) is 0 Å². The van der Waals surface area contributed by atoms with E-state index in [0.29, 0.717) is 34.2 Å². The van der Waals surface area contributed by atoms with Crippen LogP contribution in [0, 0.1) is 0 Å². The predicted octanol–water partition coefficient (Wildman–Crippen LogP) is 5.56. The molecular formula is C23H23ClF3N7OS. The molecule has 4 heterocycles. The van der Waals surface area contributed by atoms with Crippen LogP contribution in [0.2, 0.25) is 5.02 Å². The monoisotopic (exact) mass is 537 g/mol. The number of nitrogens with one attached hydrogen (secondary N) is 1. The summed E-state index contributed by atoms with van der Waals surface area (Å²) in [5.41, 5.74) is 7.02. The maximum Gasteiger partial charge on any atom is 0.417 e. The van der Waals surface area contributed by atoms with Crippen molar-refractivity contribution < 1.29 is 18.0 Å². The van der Waals surface area contributed by atoms with Crippen LogP contribution in [0.3, 0.4) is 0 Å². The van der Waals surface area contributed by atoms with Gasteiger partial charge in [0.05, 0.1) is 40.3 Å². The molecule has 0 saturated heterocycles. The third-order valence-electron chi connectivity index (χ3n) is 5.60. The normalized spacial score (nSPS) is 15.2. The van der Waals surface area contributed by atoms with Gasteiger partial charge in [-0.25, -0.2) is 9.97 Å². The largest absolute Gasteiger partial charge is 0.417 e. The molecule has 4 aromatic rings. The number of rotatable bonds is 3. The van der Waals surface area contributed by atoms with Gasteiger partial charge >= 0.3 is 6.18 Å². The second-order valence-electron chi connectivity index (χ2n) is 7.90. The maximum atomic E-state index is 13.5. The molecule has 0 saturated carbocycles. The van der Waals surface area contributed by atoms with Crippen LogP contribution in [0.1, 0.15) is 36.4 Å². The zero-order valence-electron chi connectivity index (χ0n) is 18.1. The molecule has 1 amide bonds. The number of imidazole rings is 1. The minimum Gasteiger partial charge on any atom is -0.384 e. The number of amides is 1. The summed E-state index contributed by atoms with van der Waals surface area (Å²) < 4.78 is 40.9. The van der Waals surface area contributed by atoms with E-state index in [1.807, 2.05) is 6.92 Å². The predicted molar refractivity (Wildman–Crippen MR) is 137 cm³/mol. The van der Waals surface area contributed by atoms with Crippen molar-refractivity contribution in [1.82, 2.24) is 24.7 Å². The second kappa shape index (κ2) is 9.86. The molecule has 1 atom stereocenters. The number of aromatic amines is 1. The molecule has 36 heavy (non-hydrogen) atoms. The summed E-state index contributed by atoms with van der Waals surface area (Å²) in [6, 6.07) is 6.46. The van der Waals surface area contributed by atoms with Crippen LogP contribution >= 0.6 is 25.1 Å². The molecule has 5 rings (SSSR count). The Kier molecular flexibility index (Phi) is 7.42. The first-order valence-electron chi connectivity index (χ1n) is 10.2. The number of anilines is 2. The number of carbonyl (C=O) groups is 1. The lowest BCUT2D eigenvalue weighted by molar-refractivity contribution is -0.137. The highest BCUT2D eigenvalue weighted by molar-refractivity contribution is 7.59. The average molecular weight is 538 g/mol. The van der Waals surface area contributed by atoms with E-state index in [9.17, 15) is 18.0 Å². The van der Waals surface area contributed by atoms with E-state index < -0.39 is 22.7 Å². The number of aromatic nitrogens is 5. The Labute approximate surface area is 216 Å². The molecule has 0 radical (unpaired) electrons. The van der Waals surface area contributed by atoms with Gasteiger partial charge in [-0.1, -0.05) is 19.0 Å². The molecule has 0 unspecified atom stereocenters. The molecular weight excluding hydrogens is 515 g/mol. The van der Waals surface area contributed by atoms with Crippen LogP contribution < -0.4 is 10.6 Å². The quantitative estimate of drug-likeness (QED) is 0.356. The van der Waals surface area contributed by atoms with Crippen molar-refractivity contribution in [2.75, 3.05) is 17.2 Å². The fraction of sp³-hybridized carbons (Fsp3) is 0.217. The van der Waals surface area contributed by atoms with Crippen LogP contribution in [0.4, 0.5) is 24.7 Å². The molecule has 1 aliphatic heterocycles. The molecule has 3 N–H and O–H groups in total. The van der Waals surface area contributed by atoms with E-state index in [0.717, 1.165) is 12.1 Å². The molecule has 3 aromatic heterocycles. The van der Waals surface area contributed by atoms with Gasteiger partial charge in [-0.2, -0.15) is 31.8 Å². The van der Waals surface area contributed by atoms with E-state index in [2.05, 4.69) is 20.1 Å². The Bertz CT molecular complexity index is 1400. The molecule has 0 aliphatic carbocycles. The molecule has 1 aliphatic rings. The fourth-order valence-corrected chi connectivity index (χ4v) is 4.22. The third-order valence-corrected chi connectivity index (χ3v) is 5.92. The summed E-state index contributed by atoms with van der Waals surface area (Å²) in [4.78, 5) is 26.4. The van der Waals surface area contributed by atoms with E-state index in [-0.39, 0.29) is 39.2 Å². The number of H-pyrrole nitrogens is 1. The van der Waals surface area contributed by atoms with Crippen LogP contribution in [0.5, 0.6) is 0 Å². The Morgan fingerprint density at radius 1 is 1.14 bits per heavy atom. The van der Waals surface area contributed by atoms with Crippen LogP contribution in [-0.2, 0) is 6.18 Å². The number of nitrogens with zero attached hydrogens (tertiary/aromatic N) is 5. The summed E-state index contributed by atoms with van der Waals surface area (Å²) in [6.07, 6.45) is 0.133. The highest BCUT2D eigenvalue weighted by Gasteiger charge is 2.36. The van der Waals surface area contributed by atoms with Gasteiger partial charge in [0.15, 0.2) is 0 Å². The number of benzene rings is 1. The number of nitrogen functional groups attached to an aromatic ring is 1. The van der Waals surface area contributed by atoms with Crippen molar-refractivity contribution in [1.29, 1.82) is 0 Å². The lowest BCUT2D eigenvalue weighted by Gasteiger charge is -2.32. The fourth-order valence-electron chi connectivity index (χ4n) is 3.93. The molecule has 0 spiro atoms. The number of carbonyl (C=O) groups excluding carboxylic acids is 1. The summed E-state index contributed by atoms with van der Waals surface area (Å²) in [7, 11) is 0. The first-order chi connectivity index (χ1) is 16.1. The Morgan fingerprint density at radius 3 is 2.53 bits per heavy atom. The van der Waals surface area contributed by atoms with Gasteiger partial charge in [-0.3, -0.25) is 9.48 Å². The summed E-state index contributed by atoms with van der Waals surface area (Å²) in [5, 5.41) is 3.90. The van der Waals surface area contributed by atoms with E-state index in [4.69, 9.17) is 17.3 Å². The lowest BCUT2D eigenvalue weighted by Crippen LogP contribution is -2.42. The number of pyridine rings is 1. The summed E-state index contributed by atoms with van der Waals surface area (Å²) in [6.45, 7) is 2.09. The SMILES string of the molecule is C.C[C@H]1CN(c2ccc(C(F)(F)F)c(Cl)c2)C(=O)c2c(-c3cnc(-c4ccc(N)nc4)[nH]3)cnn21.S. The van der Waals surface area contributed by atoms with Crippen molar-refractivity contribution in [2.45, 2.75) is 26.6 Å². The van der Waals surface area contributed by atoms with E-state index in [1.165, 1.54) is 11.0 Å². The maximum absolute atomic E-state index is 13.5. The highest BCUT2D eigenvalue weighted by atomic mass is 35.5. The van der Waals surface area contributed by atoms with Crippen LogP contribution in [0.25, 0.3) is 22.6 Å². The average Bonchev–Trinajstić information content (AvgIpc) is 3.43. The van der Waals surface area contributed by atoms with Crippen molar-refractivity contribution in [3.05, 3.63) is 65.2 Å². The minimum atomic E-state index is -4.58. The van der Waals surface area contributed by atoms with E-state index >= 15 is 0 Å². The Balaban J connectivity index is 0.00000180. The minimum absolute atomic E-state index is 0. The summed E-state index contributed by atoms with van der Waals surface area (Å²) >= 11 is 5.89. The number of nitrogens with two attached hydrogens (primary N) is 1. The van der Waals surface area contributed by atoms with Crippen molar-refractivity contribution in [3.63, 3.8) is 0 Å². The molecule has 1 aromatic carbocycles. The van der Waals surface area contributed by atoms with Gasteiger partial charge in [-0.15, -0.1) is 0 Å². The van der Waals surface area contributed by atoms with Gasteiger partial charge in [0.1, 0.15) is 17.3 Å². The van der Waals surface area contributed by atoms with Gasteiger partial charge in [0, 0.05) is 24.0 Å². The molecule has 13 heteroatoms. The van der Waals surface area contributed by atoms with Crippen molar-refractivity contribution in [2.24, 2.45) is 0 Å². The van der Waals surface area contributed by atoms with Gasteiger partial charge < -0.3 is 15.6 Å². The third kappa shape index (κ3) is 4.65. The van der Waals surface area contributed by atoms with Crippen molar-refractivity contribution in [3.8, 4) is 22.6 Å². The molecule has 0 fully saturated rings. The topological polar surface area (TPSA) is 106 Å². The van der Waals surface area contributed by atoms with Crippen LogP contribution in [0.15, 0.2) is 48.9 Å². The first kappa shape index (κ1) is 27.1. The highest BCUT2D eigenvalue weighted by Crippen LogP contribution is 2.38. The smallest absolute Gasteiger partial charge is 0.384 e. The van der Waals surface area contributed by atoms with Gasteiger partial charge in [-0.05, 0) is 37.3 Å². The number of alkyl halides is 3. The standard InChI is InChI=1S/C22H17ClF3N7O.CH4.H2S/c1-11-10-32(13-3-4-15(16(23)6-13)22(24,25)26)21(34)19-14(8-30-33(11)19)17-9-29-20(31-17)12-2-5-18(27)28-7-12;;/h2-9,11H,10H2,1H3,(H2,27,28)(H,29,31);1H4;1H2/t11-;;/m0../s1. The molecule has 8 nitrogen and oxygen atoms in total. The Hall–Kier alpha value is -3.51. The molecule has 190 valence electrons. The lowest BCUT2D eigenvalue weighted by atomic mass is 10.1.